The third kappa shape index (κ3) is 4.03. The van der Waals surface area contributed by atoms with E-state index in [0.29, 0.717) is 42.7 Å². The van der Waals surface area contributed by atoms with Gasteiger partial charge < -0.3 is 15.1 Å². The summed E-state index contributed by atoms with van der Waals surface area (Å²) in [6.45, 7) is 3.28. The second kappa shape index (κ2) is 8.32. The average Bonchev–Trinajstić information content (AvgIpc) is 3.00. The molecule has 1 N–H and O–H groups in total. The van der Waals surface area contributed by atoms with Gasteiger partial charge in [-0.2, -0.15) is 0 Å². The molecule has 4 amide bonds. The molecule has 1 atom stereocenters. The molecule has 2 aliphatic rings. The highest BCUT2D eigenvalue weighted by atomic mass is 35.5. The summed E-state index contributed by atoms with van der Waals surface area (Å²) in [7, 11) is 0. The van der Waals surface area contributed by atoms with Crippen LogP contribution < -0.4 is 10.2 Å². The van der Waals surface area contributed by atoms with Crippen molar-refractivity contribution in [2.45, 2.75) is 12.5 Å². The van der Waals surface area contributed by atoms with E-state index in [1.54, 1.807) is 42.4 Å². The van der Waals surface area contributed by atoms with E-state index >= 15 is 0 Å². The fourth-order valence-corrected chi connectivity index (χ4v) is 3.99. The van der Waals surface area contributed by atoms with Crippen LogP contribution in [-0.4, -0.2) is 70.3 Å². The third-order valence-electron chi connectivity index (χ3n) is 5.53. The lowest BCUT2D eigenvalue weighted by molar-refractivity contribution is -0.139. The Kier molecular flexibility index (Phi) is 5.72. The van der Waals surface area contributed by atoms with Crippen LogP contribution in [0.4, 0.5) is 10.7 Å². The smallest absolute Gasteiger partial charge is 0.325 e. The largest absolute Gasteiger partial charge is 0.338 e. The van der Waals surface area contributed by atoms with Crippen molar-refractivity contribution in [1.29, 1.82) is 0 Å². The van der Waals surface area contributed by atoms with Crippen molar-refractivity contribution in [2.75, 3.05) is 37.6 Å². The number of imide groups is 1. The van der Waals surface area contributed by atoms with Crippen molar-refractivity contribution < 1.29 is 14.4 Å². The number of hydrogen-bond acceptors (Lipinski definition) is 6. The zero-order valence-electron chi connectivity index (χ0n) is 16.7. The van der Waals surface area contributed by atoms with Crippen molar-refractivity contribution in [3.8, 4) is 0 Å². The van der Waals surface area contributed by atoms with Crippen LogP contribution in [0.3, 0.4) is 0 Å². The molecule has 0 aliphatic carbocycles. The molecular weight excluding hydrogens is 443 g/mol. The molecule has 162 valence electrons. The second-order valence-electron chi connectivity index (χ2n) is 7.49. The first kappa shape index (κ1) is 21.3. The van der Waals surface area contributed by atoms with Crippen molar-refractivity contribution in [3.63, 3.8) is 0 Å². The van der Waals surface area contributed by atoms with E-state index in [1.807, 2.05) is 4.90 Å². The number of hydrogen-bond donors (Lipinski definition) is 1. The van der Waals surface area contributed by atoms with E-state index in [4.69, 9.17) is 23.2 Å². The minimum atomic E-state index is -1.32. The summed E-state index contributed by atoms with van der Waals surface area (Å²) >= 11 is 12.0. The second-order valence-corrected chi connectivity index (χ2v) is 8.31. The summed E-state index contributed by atoms with van der Waals surface area (Å²) in [5.41, 5.74) is -0.832. The molecule has 1 aromatic heterocycles. The number of carbonyl (C=O) groups is 3. The van der Waals surface area contributed by atoms with E-state index in [9.17, 15) is 14.4 Å². The highest BCUT2D eigenvalue weighted by Gasteiger charge is 2.50. The van der Waals surface area contributed by atoms with Crippen LogP contribution in [0.25, 0.3) is 0 Å². The molecule has 1 unspecified atom stereocenters. The number of nitrogens with zero attached hydrogens (tertiary/aromatic N) is 5. The van der Waals surface area contributed by atoms with Gasteiger partial charge in [0.2, 0.25) is 11.9 Å². The predicted molar refractivity (Wildman–Crippen MR) is 115 cm³/mol. The Morgan fingerprint density at radius 1 is 1.10 bits per heavy atom. The lowest BCUT2D eigenvalue weighted by Crippen LogP contribution is -2.52. The van der Waals surface area contributed by atoms with Crippen LogP contribution >= 0.6 is 23.2 Å². The fourth-order valence-electron chi connectivity index (χ4n) is 3.69. The Morgan fingerprint density at radius 2 is 1.77 bits per heavy atom. The molecule has 3 heterocycles. The van der Waals surface area contributed by atoms with Gasteiger partial charge in [0.05, 0.1) is 10.0 Å². The summed E-state index contributed by atoms with van der Waals surface area (Å²) in [5.74, 6) is -0.197. The number of halogens is 2. The summed E-state index contributed by atoms with van der Waals surface area (Å²) in [6.07, 6.45) is 3.34. The molecule has 2 saturated heterocycles. The van der Waals surface area contributed by atoms with Crippen molar-refractivity contribution in [1.82, 2.24) is 25.1 Å². The first-order valence-corrected chi connectivity index (χ1v) is 10.4. The number of anilines is 1. The van der Waals surface area contributed by atoms with Gasteiger partial charge >= 0.3 is 6.03 Å². The summed E-state index contributed by atoms with van der Waals surface area (Å²) in [4.78, 5) is 51.4. The van der Waals surface area contributed by atoms with E-state index in [1.165, 1.54) is 6.07 Å². The van der Waals surface area contributed by atoms with Crippen LogP contribution in [0.5, 0.6) is 0 Å². The molecule has 2 fully saturated rings. The quantitative estimate of drug-likeness (QED) is 0.696. The topological polar surface area (TPSA) is 98.7 Å². The first-order chi connectivity index (χ1) is 14.8. The van der Waals surface area contributed by atoms with Crippen LogP contribution in [0.1, 0.15) is 12.5 Å². The first-order valence-electron chi connectivity index (χ1n) is 9.69. The maximum absolute atomic E-state index is 13.1. The molecule has 0 bridgehead atoms. The molecular formula is C20H20Cl2N6O3. The zero-order chi connectivity index (χ0) is 22.2. The number of rotatable bonds is 4. The van der Waals surface area contributed by atoms with Crippen molar-refractivity contribution in [3.05, 3.63) is 52.3 Å². The van der Waals surface area contributed by atoms with Crippen molar-refractivity contribution in [2.24, 2.45) is 0 Å². The highest BCUT2D eigenvalue weighted by molar-refractivity contribution is 6.42. The molecule has 11 heteroatoms. The minimum absolute atomic E-state index is 0.275. The van der Waals surface area contributed by atoms with Crippen LogP contribution in [-0.2, 0) is 15.1 Å². The number of piperazine rings is 1. The van der Waals surface area contributed by atoms with E-state index in [2.05, 4.69) is 15.3 Å². The summed E-state index contributed by atoms with van der Waals surface area (Å²) < 4.78 is 0. The van der Waals surface area contributed by atoms with Gasteiger partial charge in [0, 0.05) is 38.6 Å². The molecule has 0 saturated carbocycles. The molecule has 0 radical (unpaired) electrons. The zero-order valence-corrected chi connectivity index (χ0v) is 18.2. The lowest BCUT2D eigenvalue weighted by Gasteiger charge is -2.35. The Hall–Kier alpha value is -2.91. The fraction of sp³-hybridized carbons (Fsp3) is 0.350. The molecule has 2 aliphatic heterocycles. The minimum Gasteiger partial charge on any atom is -0.338 e. The summed E-state index contributed by atoms with van der Waals surface area (Å²) in [6, 6.07) is 5.85. The Labute approximate surface area is 188 Å². The number of benzene rings is 1. The molecule has 4 rings (SSSR count). The summed E-state index contributed by atoms with van der Waals surface area (Å²) in [5, 5.41) is 3.29. The van der Waals surface area contributed by atoms with Gasteiger partial charge in [-0.15, -0.1) is 0 Å². The standard InChI is InChI=1S/C20H20Cl2N6O3/c1-20(13-3-4-14(21)15(22)11-13)17(30)28(19(31)25-20)12-16(29)26-7-9-27(10-8-26)18-23-5-2-6-24-18/h2-6,11H,7-10,12H2,1H3,(H,25,31). The third-order valence-corrected chi connectivity index (χ3v) is 6.27. The molecule has 1 aromatic carbocycles. The Morgan fingerprint density at radius 3 is 2.42 bits per heavy atom. The van der Waals surface area contributed by atoms with Gasteiger partial charge in [-0.05, 0) is 30.7 Å². The lowest BCUT2D eigenvalue weighted by atomic mass is 9.92. The molecule has 0 spiro atoms. The SMILES string of the molecule is CC1(c2ccc(Cl)c(Cl)c2)NC(=O)N(CC(=O)N2CCN(c3ncccn3)CC2)C1=O. The van der Waals surface area contributed by atoms with Crippen LogP contribution in [0.2, 0.25) is 10.0 Å². The van der Waals surface area contributed by atoms with E-state index < -0.39 is 17.5 Å². The maximum atomic E-state index is 13.1. The van der Waals surface area contributed by atoms with Gasteiger partial charge in [-0.25, -0.2) is 14.8 Å². The van der Waals surface area contributed by atoms with Gasteiger partial charge in [0.25, 0.3) is 5.91 Å². The predicted octanol–water partition coefficient (Wildman–Crippen LogP) is 1.90. The van der Waals surface area contributed by atoms with Gasteiger partial charge in [-0.1, -0.05) is 29.3 Å². The molecule has 2 aromatic rings. The van der Waals surface area contributed by atoms with E-state index in [-0.39, 0.29) is 17.5 Å². The van der Waals surface area contributed by atoms with Gasteiger partial charge in [-0.3, -0.25) is 14.5 Å². The van der Waals surface area contributed by atoms with Gasteiger partial charge in [0.1, 0.15) is 12.1 Å². The monoisotopic (exact) mass is 462 g/mol. The number of amides is 4. The maximum Gasteiger partial charge on any atom is 0.325 e. The normalized spacial score (nSPS) is 21.5. The van der Waals surface area contributed by atoms with Crippen molar-refractivity contribution >= 4 is 47.0 Å². The Bertz CT molecular complexity index is 1030. The number of urea groups is 1. The highest BCUT2D eigenvalue weighted by Crippen LogP contribution is 2.33. The number of carbonyl (C=O) groups excluding carboxylic acids is 3. The Balaban J connectivity index is 1.41. The number of nitrogens with one attached hydrogen (secondary N) is 1. The van der Waals surface area contributed by atoms with Crippen LogP contribution in [0.15, 0.2) is 36.7 Å². The van der Waals surface area contributed by atoms with E-state index in [0.717, 1.165) is 4.90 Å². The molecule has 9 nitrogen and oxygen atoms in total. The molecule has 31 heavy (non-hydrogen) atoms. The van der Waals surface area contributed by atoms with Crippen LogP contribution in [0, 0.1) is 0 Å². The average molecular weight is 463 g/mol. The number of aromatic nitrogens is 2. The van der Waals surface area contributed by atoms with Gasteiger partial charge in [0.15, 0.2) is 0 Å².